The quantitative estimate of drug-likeness (QED) is 0.433. The second-order valence-corrected chi connectivity index (χ2v) is 8.33. The fourth-order valence-corrected chi connectivity index (χ4v) is 4.32. The minimum atomic E-state index is -0.190. The van der Waals surface area contributed by atoms with E-state index in [9.17, 15) is 4.39 Å². The Morgan fingerprint density at radius 2 is 1.96 bits per heavy atom. The van der Waals surface area contributed by atoms with Crippen LogP contribution in [0.2, 0.25) is 0 Å². The summed E-state index contributed by atoms with van der Waals surface area (Å²) in [7, 11) is 2.13. The highest BCUT2D eigenvalue weighted by molar-refractivity contribution is 7.80. The van der Waals surface area contributed by atoms with Crippen LogP contribution >= 0.6 is 12.2 Å². The van der Waals surface area contributed by atoms with E-state index in [1.165, 1.54) is 37.9 Å². The van der Waals surface area contributed by atoms with E-state index in [0.717, 1.165) is 32.6 Å². The number of nitrogens with zero attached hydrogens (tertiary/aromatic N) is 3. The normalized spacial score (nSPS) is 24.4. The number of hydrazone groups is 1. The number of piperidine rings is 2. The van der Waals surface area contributed by atoms with Crippen molar-refractivity contribution in [1.82, 2.24) is 20.5 Å². The van der Waals surface area contributed by atoms with Crippen molar-refractivity contribution in [1.29, 1.82) is 0 Å². The first kappa shape index (κ1) is 21.1. The van der Waals surface area contributed by atoms with Crippen LogP contribution in [0.25, 0.3) is 0 Å². The lowest BCUT2D eigenvalue weighted by Gasteiger charge is -2.35. The van der Waals surface area contributed by atoms with E-state index in [2.05, 4.69) is 32.7 Å². The lowest BCUT2D eigenvalue weighted by Crippen LogP contribution is -2.41. The molecule has 5 nitrogen and oxygen atoms in total. The number of hydrogen-bond donors (Lipinski definition) is 2. The van der Waals surface area contributed by atoms with E-state index in [-0.39, 0.29) is 11.7 Å². The van der Waals surface area contributed by atoms with Gasteiger partial charge in [0.1, 0.15) is 5.82 Å². The molecule has 2 aliphatic rings. The van der Waals surface area contributed by atoms with Gasteiger partial charge in [-0.1, -0.05) is 18.6 Å². The molecule has 0 saturated carbocycles. The lowest BCUT2D eigenvalue weighted by atomic mass is 9.81. The van der Waals surface area contributed by atoms with Gasteiger partial charge in [-0.05, 0) is 81.8 Å². The first-order chi connectivity index (χ1) is 13.6. The van der Waals surface area contributed by atoms with Crippen molar-refractivity contribution in [3.05, 3.63) is 35.6 Å². The third-order valence-electron chi connectivity index (χ3n) is 5.75. The molecule has 0 aromatic heterocycles. The number of halogens is 1. The maximum Gasteiger partial charge on any atom is 0.186 e. The molecule has 7 heteroatoms. The van der Waals surface area contributed by atoms with E-state index in [1.807, 2.05) is 18.3 Å². The molecule has 1 unspecified atom stereocenters. The zero-order valence-corrected chi connectivity index (χ0v) is 17.6. The van der Waals surface area contributed by atoms with Gasteiger partial charge in [-0.25, -0.2) is 4.39 Å². The Morgan fingerprint density at radius 1 is 1.21 bits per heavy atom. The first-order valence-corrected chi connectivity index (χ1v) is 10.8. The highest BCUT2D eigenvalue weighted by Gasteiger charge is 2.27. The number of rotatable bonds is 6. The summed E-state index contributed by atoms with van der Waals surface area (Å²) in [6.45, 7) is 6.22. The van der Waals surface area contributed by atoms with Gasteiger partial charge < -0.3 is 15.1 Å². The molecule has 1 aromatic rings. The maximum atomic E-state index is 13.3. The van der Waals surface area contributed by atoms with Crippen LogP contribution in [0.3, 0.4) is 0 Å². The average molecular weight is 406 g/mol. The summed E-state index contributed by atoms with van der Waals surface area (Å²) in [5.74, 6) is 0.431. The molecule has 2 fully saturated rings. The number of thiocarbonyl (C=S) groups is 1. The van der Waals surface area contributed by atoms with Gasteiger partial charge in [0.15, 0.2) is 5.11 Å². The van der Waals surface area contributed by atoms with Crippen LogP contribution in [0.15, 0.2) is 29.4 Å². The highest BCUT2D eigenvalue weighted by Crippen LogP contribution is 2.31. The Bertz CT molecular complexity index is 645. The lowest BCUT2D eigenvalue weighted by molar-refractivity contribution is 0.224. The van der Waals surface area contributed by atoms with Crippen molar-refractivity contribution in [2.45, 2.75) is 31.6 Å². The first-order valence-electron chi connectivity index (χ1n) is 10.4. The minimum Gasteiger partial charge on any atom is -0.360 e. The van der Waals surface area contributed by atoms with Crippen LogP contribution in [-0.4, -0.2) is 67.4 Å². The van der Waals surface area contributed by atoms with Crippen molar-refractivity contribution in [3.8, 4) is 0 Å². The van der Waals surface area contributed by atoms with Gasteiger partial charge in [-0.15, -0.1) is 0 Å². The van der Waals surface area contributed by atoms with Gasteiger partial charge in [0, 0.05) is 31.8 Å². The second-order valence-electron chi connectivity index (χ2n) is 7.92. The monoisotopic (exact) mass is 405 g/mol. The van der Waals surface area contributed by atoms with Crippen molar-refractivity contribution >= 4 is 23.5 Å². The van der Waals surface area contributed by atoms with Crippen LogP contribution in [0.1, 0.15) is 37.2 Å². The molecule has 0 bridgehead atoms. The van der Waals surface area contributed by atoms with Crippen LogP contribution < -0.4 is 10.7 Å². The summed E-state index contributed by atoms with van der Waals surface area (Å²) in [5, 5.41) is 8.20. The maximum absolute atomic E-state index is 13.3. The predicted molar refractivity (Wildman–Crippen MR) is 117 cm³/mol. The number of benzene rings is 1. The summed E-state index contributed by atoms with van der Waals surface area (Å²) in [6.07, 6.45) is 6.96. The smallest absolute Gasteiger partial charge is 0.186 e. The number of nitrogens with one attached hydrogen (secondary N) is 2. The third-order valence-corrected chi connectivity index (χ3v) is 5.99. The summed E-state index contributed by atoms with van der Waals surface area (Å²) < 4.78 is 13.3. The van der Waals surface area contributed by atoms with Crippen LogP contribution in [0.5, 0.6) is 0 Å². The van der Waals surface area contributed by atoms with Crippen LogP contribution in [0.4, 0.5) is 4.39 Å². The molecule has 0 amide bonds. The standard InChI is InChI=1S/C21H32FN5S/c1-26-13-9-20(17-5-7-19(22)8-6-17)18(16-26)15-24-25-21(28)23-10-14-27-11-3-2-4-12-27/h5-8,15,18,20H,2-4,9-14,16H2,1H3,(H2,23,25,28)/b24-15+/t18-,20?/m0/s1. The Kier molecular flexibility index (Phi) is 8.18. The molecule has 28 heavy (non-hydrogen) atoms. The molecular formula is C21H32FN5S. The van der Waals surface area contributed by atoms with E-state index < -0.39 is 0 Å². The molecule has 1 aromatic carbocycles. The summed E-state index contributed by atoms with van der Waals surface area (Å²) in [5.41, 5.74) is 4.13. The minimum absolute atomic E-state index is 0.190. The van der Waals surface area contributed by atoms with Gasteiger partial charge in [0.2, 0.25) is 0 Å². The second kappa shape index (κ2) is 10.8. The molecule has 2 N–H and O–H groups in total. The molecule has 154 valence electrons. The van der Waals surface area contributed by atoms with Gasteiger partial charge >= 0.3 is 0 Å². The summed E-state index contributed by atoms with van der Waals surface area (Å²) in [6, 6.07) is 6.88. The predicted octanol–water partition coefficient (Wildman–Crippen LogP) is 2.80. The topological polar surface area (TPSA) is 42.9 Å². The Morgan fingerprint density at radius 3 is 2.71 bits per heavy atom. The van der Waals surface area contributed by atoms with E-state index in [0.29, 0.717) is 11.0 Å². The fourth-order valence-electron chi connectivity index (χ4n) is 4.17. The molecule has 2 heterocycles. The van der Waals surface area contributed by atoms with E-state index >= 15 is 0 Å². The zero-order valence-electron chi connectivity index (χ0n) is 16.7. The van der Waals surface area contributed by atoms with Crippen LogP contribution in [0, 0.1) is 11.7 Å². The molecule has 3 rings (SSSR count). The molecule has 0 spiro atoms. The Hall–Kier alpha value is -1.57. The summed E-state index contributed by atoms with van der Waals surface area (Å²) in [4.78, 5) is 4.79. The number of hydrogen-bond acceptors (Lipinski definition) is 4. The third kappa shape index (κ3) is 6.50. The molecule has 2 aliphatic heterocycles. The number of likely N-dealkylation sites (tertiary alicyclic amines) is 2. The van der Waals surface area contributed by atoms with Crippen LogP contribution in [-0.2, 0) is 0 Å². The molecule has 2 saturated heterocycles. The van der Waals surface area contributed by atoms with Gasteiger partial charge in [0.05, 0.1) is 0 Å². The summed E-state index contributed by atoms with van der Waals surface area (Å²) >= 11 is 5.34. The highest BCUT2D eigenvalue weighted by atomic mass is 32.1. The Labute approximate surface area is 173 Å². The Balaban J connectivity index is 1.46. The van der Waals surface area contributed by atoms with Crippen molar-refractivity contribution < 1.29 is 4.39 Å². The largest absolute Gasteiger partial charge is 0.360 e. The van der Waals surface area contributed by atoms with Gasteiger partial charge in [0.25, 0.3) is 0 Å². The van der Waals surface area contributed by atoms with E-state index in [4.69, 9.17) is 12.2 Å². The molecular weight excluding hydrogens is 373 g/mol. The fraction of sp³-hybridized carbons (Fsp3) is 0.619. The SMILES string of the molecule is CN1CCC(c2ccc(F)cc2)[C@@H](/C=N/NC(=S)NCCN2CCCCC2)C1. The van der Waals surface area contributed by atoms with Gasteiger partial charge in [-0.2, -0.15) is 5.10 Å². The van der Waals surface area contributed by atoms with Crippen molar-refractivity contribution in [2.24, 2.45) is 11.0 Å². The van der Waals surface area contributed by atoms with E-state index in [1.54, 1.807) is 12.1 Å². The van der Waals surface area contributed by atoms with Crippen molar-refractivity contribution in [2.75, 3.05) is 46.3 Å². The molecule has 0 aliphatic carbocycles. The van der Waals surface area contributed by atoms with Crippen molar-refractivity contribution in [3.63, 3.8) is 0 Å². The average Bonchev–Trinajstić information content (AvgIpc) is 2.70. The zero-order chi connectivity index (χ0) is 19.8. The van der Waals surface area contributed by atoms with Gasteiger partial charge in [-0.3, -0.25) is 5.43 Å². The molecule has 2 atom stereocenters. The molecule has 0 radical (unpaired) electrons.